The highest BCUT2D eigenvalue weighted by Crippen LogP contribution is 2.26. The molecule has 29 heavy (non-hydrogen) atoms. The van der Waals surface area contributed by atoms with Crippen molar-refractivity contribution in [2.24, 2.45) is 0 Å². The normalized spacial score (nSPS) is 11.0. The number of allylic oxidation sites excluding steroid dienone is 1. The van der Waals surface area contributed by atoms with Crippen LogP contribution in [0.25, 0.3) is 0 Å². The van der Waals surface area contributed by atoms with Gasteiger partial charge < -0.3 is 14.8 Å². The molecule has 0 amide bonds. The van der Waals surface area contributed by atoms with E-state index in [1.54, 1.807) is 13.3 Å². The van der Waals surface area contributed by atoms with Crippen LogP contribution in [0.5, 0.6) is 11.5 Å². The molecule has 0 saturated heterocycles. The molecule has 4 heteroatoms. The summed E-state index contributed by atoms with van der Waals surface area (Å²) in [7, 11) is 1.65. The molecule has 0 spiro atoms. The van der Waals surface area contributed by atoms with Crippen molar-refractivity contribution in [2.45, 2.75) is 51.9 Å². The van der Waals surface area contributed by atoms with Crippen molar-refractivity contribution < 1.29 is 9.47 Å². The number of nitriles is 1. The van der Waals surface area contributed by atoms with Crippen LogP contribution in [0.4, 0.5) is 5.69 Å². The van der Waals surface area contributed by atoms with Gasteiger partial charge >= 0.3 is 0 Å². The van der Waals surface area contributed by atoms with Gasteiger partial charge in [-0.25, -0.2) is 0 Å². The molecule has 0 fully saturated rings. The molecule has 0 atom stereocenters. The lowest BCUT2D eigenvalue weighted by Gasteiger charge is -2.12. The lowest BCUT2D eigenvalue weighted by atomic mass is 10.1. The number of anilines is 1. The molecule has 0 aliphatic rings. The zero-order valence-corrected chi connectivity index (χ0v) is 17.6. The first-order valence-corrected chi connectivity index (χ1v) is 10.5. The van der Waals surface area contributed by atoms with Crippen LogP contribution < -0.4 is 14.8 Å². The second kappa shape index (κ2) is 13.3. The topological polar surface area (TPSA) is 54.3 Å². The zero-order valence-electron chi connectivity index (χ0n) is 17.6. The summed E-state index contributed by atoms with van der Waals surface area (Å²) in [5.74, 6) is 1.58. The molecule has 0 aromatic heterocycles. The molecule has 2 rings (SSSR count). The van der Waals surface area contributed by atoms with Gasteiger partial charge in [-0.05, 0) is 36.8 Å². The number of methoxy groups -OCH3 is 1. The Balaban J connectivity index is 1.94. The minimum Gasteiger partial charge on any atom is -0.496 e. The van der Waals surface area contributed by atoms with Crippen molar-refractivity contribution in [3.63, 3.8) is 0 Å². The molecule has 1 N–H and O–H groups in total. The Hall–Kier alpha value is -2.93. The maximum atomic E-state index is 9.53. The highest BCUT2D eigenvalue weighted by atomic mass is 16.5. The van der Waals surface area contributed by atoms with E-state index in [2.05, 4.69) is 18.3 Å². The first-order valence-electron chi connectivity index (χ1n) is 10.5. The van der Waals surface area contributed by atoms with Gasteiger partial charge in [0.2, 0.25) is 0 Å². The van der Waals surface area contributed by atoms with Gasteiger partial charge in [-0.3, -0.25) is 0 Å². The van der Waals surface area contributed by atoms with Crippen LogP contribution in [0, 0.1) is 11.3 Å². The summed E-state index contributed by atoms with van der Waals surface area (Å²) in [4.78, 5) is 0. The molecule has 0 saturated carbocycles. The fraction of sp³-hybridized carbons (Fsp3) is 0.400. The Morgan fingerprint density at radius 2 is 1.79 bits per heavy atom. The van der Waals surface area contributed by atoms with Gasteiger partial charge in [0.05, 0.1) is 19.8 Å². The third-order valence-electron chi connectivity index (χ3n) is 4.73. The minimum absolute atomic E-state index is 0.480. The fourth-order valence-corrected chi connectivity index (χ4v) is 3.09. The Kier molecular flexibility index (Phi) is 10.2. The third kappa shape index (κ3) is 8.31. The van der Waals surface area contributed by atoms with E-state index in [-0.39, 0.29) is 0 Å². The molecule has 0 aliphatic heterocycles. The molecule has 2 aromatic carbocycles. The van der Waals surface area contributed by atoms with Crippen molar-refractivity contribution in [1.29, 1.82) is 5.26 Å². The minimum atomic E-state index is 0.480. The van der Waals surface area contributed by atoms with Crippen molar-refractivity contribution in [1.82, 2.24) is 0 Å². The summed E-state index contributed by atoms with van der Waals surface area (Å²) >= 11 is 0. The lowest BCUT2D eigenvalue weighted by molar-refractivity contribution is 0.303. The molecular formula is C25H32N2O2. The molecule has 4 nitrogen and oxygen atoms in total. The molecule has 0 unspecified atom stereocenters. The van der Waals surface area contributed by atoms with E-state index in [0.29, 0.717) is 18.6 Å². The molecule has 154 valence electrons. The monoisotopic (exact) mass is 392 g/mol. The molecule has 0 heterocycles. The number of para-hydroxylation sites is 1. The summed E-state index contributed by atoms with van der Waals surface area (Å²) in [6.45, 7) is 2.95. The quantitative estimate of drug-likeness (QED) is 0.312. The van der Waals surface area contributed by atoms with Crippen LogP contribution in [-0.4, -0.2) is 13.7 Å². The maximum absolute atomic E-state index is 9.53. The van der Waals surface area contributed by atoms with E-state index in [0.717, 1.165) is 29.2 Å². The number of ether oxygens (including phenoxy) is 2. The SMILES string of the molecule is CCCCCCCCOc1ccc(OC)c(C/C(C#N)=C/Nc2ccccc2)c1. The van der Waals surface area contributed by atoms with Crippen molar-refractivity contribution in [3.8, 4) is 17.6 Å². The van der Waals surface area contributed by atoms with Gasteiger partial charge in [0.25, 0.3) is 0 Å². The van der Waals surface area contributed by atoms with Crippen LogP contribution in [0.15, 0.2) is 60.3 Å². The van der Waals surface area contributed by atoms with Crippen molar-refractivity contribution in [2.75, 3.05) is 19.0 Å². The van der Waals surface area contributed by atoms with Crippen LogP contribution in [-0.2, 0) is 6.42 Å². The summed E-state index contributed by atoms with van der Waals surface area (Å²) in [6, 6.07) is 17.9. The number of unbranched alkanes of at least 4 members (excludes halogenated alkanes) is 5. The second-order valence-electron chi connectivity index (χ2n) is 7.06. The first kappa shape index (κ1) is 22.4. The average Bonchev–Trinajstić information content (AvgIpc) is 2.76. The van der Waals surface area contributed by atoms with Crippen LogP contribution in [0.1, 0.15) is 51.0 Å². The first-order chi connectivity index (χ1) is 14.3. The second-order valence-corrected chi connectivity index (χ2v) is 7.06. The highest BCUT2D eigenvalue weighted by Gasteiger charge is 2.08. The predicted octanol–water partition coefficient (Wildman–Crippen LogP) is 6.50. The Labute approximate surface area is 175 Å². The van der Waals surface area contributed by atoms with Gasteiger partial charge in [-0.2, -0.15) is 5.26 Å². The number of hydrogen-bond acceptors (Lipinski definition) is 4. The fourth-order valence-electron chi connectivity index (χ4n) is 3.09. The van der Waals surface area contributed by atoms with Gasteiger partial charge in [0.15, 0.2) is 0 Å². The van der Waals surface area contributed by atoms with Crippen LogP contribution in [0.3, 0.4) is 0 Å². The largest absolute Gasteiger partial charge is 0.496 e. The molecule has 2 aromatic rings. The molecule has 0 bridgehead atoms. The molecule has 0 aliphatic carbocycles. The standard InChI is InChI=1S/C25H32N2O2/c1-3-4-5-6-7-11-16-29-24-14-15-25(28-2)22(18-24)17-21(19-26)20-27-23-12-9-8-10-13-23/h8-10,12-15,18,20,27H,3-7,11,16-17H2,1-2H3/b21-20-. The van der Waals surface area contributed by atoms with E-state index in [1.165, 1.54) is 32.1 Å². The zero-order chi connectivity index (χ0) is 20.7. The number of benzene rings is 2. The van der Waals surface area contributed by atoms with Gasteiger partial charge in [-0.1, -0.05) is 57.2 Å². The van der Waals surface area contributed by atoms with Crippen molar-refractivity contribution >= 4 is 5.69 Å². The summed E-state index contributed by atoms with van der Waals surface area (Å²) in [6.07, 6.45) is 9.66. The van der Waals surface area contributed by atoms with Crippen molar-refractivity contribution in [3.05, 3.63) is 65.9 Å². The highest BCUT2D eigenvalue weighted by molar-refractivity contribution is 5.49. The number of nitrogens with zero attached hydrogens (tertiary/aromatic N) is 1. The van der Waals surface area contributed by atoms with E-state index in [1.807, 2.05) is 48.5 Å². The smallest absolute Gasteiger partial charge is 0.122 e. The summed E-state index contributed by atoms with van der Waals surface area (Å²) in [5.41, 5.74) is 2.51. The lowest BCUT2D eigenvalue weighted by Crippen LogP contribution is -2.01. The summed E-state index contributed by atoms with van der Waals surface area (Å²) in [5, 5.41) is 12.7. The van der Waals surface area contributed by atoms with Crippen LogP contribution >= 0.6 is 0 Å². The number of nitrogens with one attached hydrogen (secondary N) is 1. The predicted molar refractivity (Wildman–Crippen MR) is 119 cm³/mol. The number of hydrogen-bond donors (Lipinski definition) is 1. The van der Waals surface area contributed by atoms with E-state index in [9.17, 15) is 5.26 Å². The van der Waals surface area contributed by atoms with E-state index >= 15 is 0 Å². The third-order valence-corrected chi connectivity index (χ3v) is 4.73. The van der Waals surface area contributed by atoms with Gasteiger partial charge in [0, 0.05) is 29.4 Å². The summed E-state index contributed by atoms with van der Waals surface area (Å²) < 4.78 is 11.4. The Morgan fingerprint density at radius 1 is 1.03 bits per heavy atom. The van der Waals surface area contributed by atoms with Gasteiger partial charge in [-0.15, -0.1) is 0 Å². The Bertz CT molecular complexity index is 794. The van der Waals surface area contributed by atoms with E-state index < -0.39 is 0 Å². The number of rotatable bonds is 13. The molecule has 0 radical (unpaired) electrons. The maximum Gasteiger partial charge on any atom is 0.122 e. The average molecular weight is 393 g/mol. The van der Waals surface area contributed by atoms with Gasteiger partial charge in [0.1, 0.15) is 11.5 Å². The van der Waals surface area contributed by atoms with E-state index in [4.69, 9.17) is 9.47 Å². The Morgan fingerprint density at radius 3 is 2.52 bits per heavy atom. The molecular weight excluding hydrogens is 360 g/mol. The van der Waals surface area contributed by atoms with Crippen LogP contribution in [0.2, 0.25) is 0 Å².